The Morgan fingerprint density at radius 3 is 2.64 bits per heavy atom. The third-order valence-corrected chi connectivity index (χ3v) is 3.82. The number of ether oxygens (including phenoxy) is 2. The second-order valence-corrected chi connectivity index (χ2v) is 5.61. The SMILES string of the molecule is COc1cc(C(=O)NC2CCCC2)cc(Cl)c1OCC(N)=O. The van der Waals surface area contributed by atoms with Crippen molar-refractivity contribution >= 4 is 23.4 Å². The van der Waals surface area contributed by atoms with Crippen LogP contribution >= 0.6 is 11.6 Å². The summed E-state index contributed by atoms with van der Waals surface area (Å²) in [6.45, 7) is -0.316. The molecule has 0 aromatic heterocycles. The van der Waals surface area contributed by atoms with E-state index in [9.17, 15) is 9.59 Å². The number of methoxy groups -OCH3 is 1. The Hall–Kier alpha value is -1.95. The van der Waals surface area contributed by atoms with Gasteiger partial charge in [0.1, 0.15) is 0 Å². The van der Waals surface area contributed by atoms with Gasteiger partial charge in [-0.25, -0.2) is 0 Å². The number of hydrogen-bond donors (Lipinski definition) is 2. The normalized spacial score (nSPS) is 14.6. The number of rotatable bonds is 6. The minimum Gasteiger partial charge on any atom is -0.493 e. The van der Waals surface area contributed by atoms with Gasteiger partial charge in [0.15, 0.2) is 18.1 Å². The van der Waals surface area contributed by atoms with E-state index in [2.05, 4.69) is 5.32 Å². The zero-order valence-electron chi connectivity index (χ0n) is 12.4. The van der Waals surface area contributed by atoms with Crippen LogP contribution in [0.3, 0.4) is 0 Å². The van der Waals surface area contributed by atoms with Crippen LogP contribution in [0.1, 0.15) is 36.0 Å². The van der Waals surface area contributed by atoms with Crippen LogP contribution in [0.4, 0.5) is 0 Å². The molecule has 1 aliphatic carbocycles. The molecule has 0 unspecified atom stereocenters. The van der Waals surface area contributed by atoms with Crippen molar-refractivity contribution in [3.63, 3.8) is 0 Å². The van der Waals surface area contributed by atoms with Gasteiger partial charge in [0.2, 0.25) is 0 Å². The van der Waals surface area contributed by atoms with Gasteiger partial charge in [-0.05, 0) is 25.0 Å². The Kier molecular flexibility index (Phi) is 5.49. The molecule has 0 bridgehead atoms. The molecule has 0 atom stereocenters. The average Bonchev–Trinajstić information content (AvgIpc) is 2.97. The number of primary amides is 1. The van der Waals surface area contributed by atoms with Gasteiger partial charge in [-0.1, -0.05) is 24.4 Å². The predicted molar refractivity (Wildman–Crippen MR) is 82.4 cm³/mol. The molecule has 2 amide bonds. The molecule has 1 aromatic rings. The molecule has 0 spiro atoms. The molecule has 1 fully saturated rings. The first-order valence-electron chi connectivity index (χ1n) is 7.10. The second-order valence-electron chi connectivity index (χ2n) is 5.20. The van der Waals surface area contributed by atoms with Crippen LogP contribution in [0.15, 0.2) is 12.1 Å². The Balaban J connectivity index is 2.16. The molecule has 1 saturated carbocycles. The number of nitrogens with two attached hydrogens (primary N) is 1. The van der Waals surface area contributed by atoms with Crippen LogP contribution in [0.2, 0.25) is 5.02 Å². The molecular formula is C15H19ClN2O4. The van der Waals surface area contributed by atoms with Gasteiger partial charge in [-0.2, -0.15) is 0 Å². The van der Waals surface area contributed by atoms with E-state index in [1.165, 1.54) is 19.2 Å². The third kappa shape index (κ3) is 4.04. The maximum absolute atomic E-state index is 12.3. The number of hydrogen-bond acceptors (Lipinski definition) is 4. The van der Waals surface area contributed by atoms with E-state index in [1.54, 1.807) is 0 Å². The van der Waals surface area contributed by atoms with E-state index < -0.39 is 5.91 Å². The minimum absolute atomic E-state index is 0.192. The quantitative estimate of drug-likeness (QED) is 0.835. The Bertz CT molecular complexity index is 571. The smallest absolute Gasteiger partial charge is 0.255 e. The lowest BCUT2D eigenvalue weighted by molar-refractivity contribution is -0.119. The topological polar surface area (TPSA) is 90.7 Å². The maximum Gasteiger partial charge on any atom is 0.255 e. The first-order chi connectivity index (χ1) is 10.5. The lowest BCUT2D eigenvalue weighted by Gasteiger charge is -2.15. The van der Waals surface area contributed by atoms with E-state index in [0.29, 0.717) is 5.56 Å². The van der Waals surface area contributed by atoms with Gasteiger partial charge < -0.3 is 20.5 Å². The standard InChI is InChI=1S/C15H19ClN2O4/c1-21-12-7-9(15(20)18-10-4-2-3-5-10)6-11(16)14(12)22-8-13(17)19/h6-7,10H,2-5,8H2,1H3,(H2,17,19)(H,18,20). The van der Waals surface area contributed by atoms with Crippen molar-refractivity contribution in [2.45, 2.75) is 31.7 Å². The summed E-state index contributed by atoms with van der Waals surface area (Å²) in [6.07, 6.45) is 4.26. The van der Waals surface area contributed by atoms with Gasteiger partial charge in [-0.15, -0.1) is 0 Å². The van der Waals surface area contributed by atoms with Gasteiger partial charge in [-0.3, -0.25) is 9.59 Å². The average molecular weight is 327 g/mol. The van der Waals surface area contributed by atoms with Crippen molar-refractivity contribution in [1.29, 1.82) is 0 Å². The molecule has 0 heterocycles. The summed E-state index contributed by atoms with van der Waals surface area (Å²) in [5.74, 6) is -0.347. The molecule has 0 aliphatic heterocycles. The molecule has 3 N–H and O–H groups in total. The fourth-order valence-corrected chi connectivity index (χ4v) is 2.74. The van der Waals surface area contributed by atoms with E-state index in [4.69, 9.17) is 26.8 Å². The van der Waals surface area contributed by atoms with Crippen molar-refractivity contribution in [2.24, 2.45) is 5.73 Å². The Labute approximate surface area is 133 Å². The molecule has 22 heavy (non-hydrogen) atoms. The summed E-state index contributed by atoms with van der Waals surface area (Å²) in [5, 5.41) is 3.17. The van der Waals surface area contributed by atoms with Crippen molar-refractivity contribution in [3.05, 3.63) is 22.7 Å². The molecule has 6 nitrogen and oxygen atoms in total. The highest BCUT2D eigenvalue weighted by Crippen LogP contribution is 2.36. The zero-order valence-corrected chi connectivity index (χ0v) is 13.1. The summed E-state index contributed by atoms with van der Waals surface area (Å²) < 4.78 is 10.4. The van der Waals surface area contributed by atoms with Crippen LogP contribution in [-0.4, -0.2) is 31.6 Å². The minimum atomic E-state index is -0.624. The van der Waals surface area contributed by atoms with Gasteiger partial charge in [0.05, 0.1) is 12.1 Å². The van der Waals surface area contributed by atoms with Crippen molar-refractivity contribution in [1.82, 2.24) is 5.32 Å². The van der Waals surface area contributed by atoms with Crippen LogP contribution < -0.4 is 20.5 Å². The van der Waals surface area contributed by atoms with Crippen LogP contribution in [0, 0.1) is 0 Å². The number of carbonyl (C=O) groups is 2. The molecule has 1 aliphatic rings. The second kappa shape index (κ2) is 7.35. The molecule has 120 valence electrons. The molecule has 1 aromatic carbocycles. The van der Waals surface area contributed by atoms with Crippen molar-refractivity contribution < 1.29 is 19.1 Å². The number of carbonyl (C=O) groups excluding carboxylic acids is 2. The number of nitrogens with one attached hydrogen (secondary N) is 1. The highest BCUT2D eigenvalue weighted by molar-refractivity contribution is 6.32. The van der Waals surface area contributed by atoms with Gasteiger partial charge >= 0.3 is 0 Å². The summed E-state index contributed by atoms with van der Waals surface area (Å²) in [7, 11) is 1.43. The number of amides is 2. The van der Waals surface area contributed by atoms with Gasteiger partial charge in [0.25, 0.3) is 11.8 Å². The van der Waals surface area contributed by atoms with E-state index in [0.717, 1.165) is 25.7 Å². The third-order valence-electron chi connectivity index (χ3n) is 3.54. The Morgan fingerprint density at radius 1 is 1.36 bits per heavy atom. The van der Waals surface area contributed by atoms with Crippen molar-refractivity contribution in [2.75, 3.05) is 13.7 Å². The van der Waals surface area contributed by atoms with E-state index in [-0.39, 0.29) is 35.1 Å². The van der Waals surface area contributed by atoms with E-state index >= 15 is 0 Å². The lowest BCUT2D eigenvalue weighted by atomic mass is 10.1. The zero-order chi connectivity index (χ0) is 16.1. The largest absolute Gasteiger partial charge is 0.493 e. The van der Waals surface area contributed by atoms with Crippen molar-refractivity contribution in [3.8, 4) is 11.5 Å². The van der Waals surface area contributed by atoms with Crippen LogP contribution in [0.25, 0.3) is 0 Å². The molecule has 2 rings (SSSR count). The fourth-order valence-electron chi connectivity index (χ4n) is 2.47. The first kappa shape index (κ1) is 16.4. The Morgan fingerprint density at radius 2 is 2.05 bits per heavy atom. The predicted octanol–water partition coefficient (Wildman–Crippen LogP) is 1.89. The monoisotopic (exact) mass is 326 g/mol. The molecular weight excluding hydrogens is 308 g/mol. The highest BCUT2D eigenvalue weighted by atomic mass is 35.5. The summed E-state index contributed by atoms with van der Waals surface area (Å²) in [4.78, 5) is 23.1. The number of benzene rings is 1. The van der Waals surface area contributed by atoms with Crippen LogP contribution in [-0.2, 0) is 4.79 Å². The summed E-state index contributed by atoms with van der Waals surface area (Å²) >= 11 is 6.12. The van der Waals surface area contributed by atoms with E-state index in [1.807, 2.05) is 0 Å². The van der Waals surface area contributed by atoms with Gasteiger partial charge in [0, 0.05) is 11.6 Å². The fraction of sp³-hybridized carbons (Fsp3) is 0.467. The molecule has 0 radical (unpaired) electrons. The molecule has 7 heteroatoms. The maximum atomic E-state index is 12.3. The molecule has 0 saturated heterocycles. The lowest BCUT2D eigenvalue weighted by Crippen LogP contribution is -2.32. The summed E-state index contributed by atoms with van der Waals surface area (Å²) in [6, 6.07) is 3.24. The highest BCUT2D eigenvalue weighted by Gasteiger charge is 2.20. The first-order valence-corrected chi connectivity index (χ1v) is 7.48. The summed E-state index contributed by atoms with van der Waals surface area (Å²) in [5.41, 5.74) is 5.43. The van der Waals surface area contributed by atoms with Crippen LogP contribution in [0.5, 0.6) is 11.5 Å². The number of halogens is 1.